The summed E-state index contributed by atoms with van der Waals surface area (Å²) < 4.78 is 22.8. The molecule has 1 spiro atoms. The van der Waals surface area contributed by atoms with Gasteiger partial charge in [-0.15, -0.1) is 0 Å². The molecule has 1 amide bonds. The molecule has 4 rings (SSSR count). The number of para-hydroxylation sites is 1. The fourth-order valence-corrected chi connectivity index (χ4v) is 5.08. The summed E-state index contributed by atoms with van der Waals surface area (Å²) >= 11 is 0. The molecule has 1 saturated carbocycles. The second kappa shape index (κ2) is 9.64. The molecule has 166 valence electrons. The fraction of sp³-hybridized carbons (Fsp3) is 0.696. The summed E-state index contributed by atoms with van der Waals surface area (Å²) in [5.74, 6) is 0.857. The van der Waals surface area contributed by atoms with Crippen molar-refractivity contribution in [2.75, 3.05) is 47.1 Å². The van der Waals surface area contributed by atoms with Gasteiger partial charge in [0, 0.05) is 39.6 Å². The molecule has 0 radical (unpaired) electrons. The average molecular weight is 419 g/mol. The molecule has 2 heterocycles. The number of carbonyl (C=O) groups is 1. The molecule has 2 saturated heterocycles. The summed E-state index contributed by atoms with van der Waals surface area (Å²) in [7, 11) is 3.32. The van der Waals surface area contributed by atoms with E-state index in [0.717, 1.165) is 65.0 Å². The standard InChI is InChI=1S/C23H34N2O5/c1-27-20-6-4-3-5-18(20)22(26)24-19-9-12-25(16-21(19)28-2)15-17-7-10-23(11-8-17)29-13-14-30-23/h3-6,17,19,21H,7-16H2,1-2H3,(H,24,26). The van der Waals surface area contributed by atoms with Gasteiger partial charge in [0.1, 0.15) is 5.75 Å². The Balaban J connectivity index is 1.28. The quantitative estimate of drug-likeness (QED) is 0.765. The molecule has 2 atom stereocenters. The number of benzene rings is 1. The highest BCUT2D eigenvalue weighted by atomic mass is 16.7. The highest BCUT2D eigenvalue weighted by molar-refractivity contribution is 5.97. The Morgan fingerprint density at radius 3 is 2.60 bits per heavy atom. The van der Waals surface area contributed by atoms with E-state index in [-0.39, 0.29) is 23.8 Å². The highest BCUT2D eigenvalue weighted by Crippen LogP contribution is 2.38. The van der Waals surface area contributed by atoms with Crippen molar-refractivity contribution in [1.29, 1.82) is 0 Å². The van der Waals surface area contributed by atoms with Gasteiger partial charge in [0.05, 0.1) is 38.0 Å². The topological polar surface area (TPSA) is 69.3 Å². The van der Waals surface area contributed by atoms with Crippen LogP contribution in [0.5, 0.6) is 5.75 Å². The van der Waals surface area contributed by atoms with Crippen LogP contribution >= 0.6 is 0 Å². The van der Waals surface area contributed by atoms with Gasteiger partial charge in [0.15, 0.2) is 5.79 Å². The van der Waals surface area contributed by atoms with E-state index in [2.05, 4.69) is 10.2 Å². The minimum atomic E-state index is -0.290. The summed E-state index contributed by atoms with van der Waals surface area (Å²) in [5, 5.41) is 3.16. The van der Waals surface area contributed by atoms with Gasteiger partial charge in [-0.1, -0.05) is 12.1 Å². The molecule has 3 aliphatic rings. The molecule has 1 aliphatic carbocycles. The number of hydrogen-bond acceptors (Lipinski definition) is 6. The SMILES string of the molecule is COc1ccccc1C(=O)NC1CCN(CC2CCC3(CC2)OCCO3)CC1OC. The third-order valence-corrected chi connectivity index (χ3v) is 6.81. The van der Waals surface area contributed by atoms with E-state index >= 15 is 0 Å². The van der Waals surface area contributed by atoms with E-state index in [1.807, 2.05) is 12.1 Å². The van der Waals surface area contributed by atoms with Gasteiger partial charge in [-0.2, -0.15) is 0 Å². The predicted molar refractivity (Wildman–Crippen MR) is 113 cm³/mol. The maximum Gasteiger partial charge on any atom is 0.255 e. The third kappa shape index (κ3) is 4.80. The summed E-state index contributed by atoms with van der Waals surface area (Å²) in [6.45, 7) is 4.33. The van der Waals surface area contributed by atoms with Gasteiger partial charge >= 0.3 is 0 Å². The Kier molecular flexibility index (Phi) is 6.93. The monoisotopic (exact) mass is 418 g/mol. The first-order chi connectivity index (χ1) is 14.6. The smallest absolute Gasteiger partial charge is 0.255 e. The zero-order chi connectivity index (χ0) is 21.0. The van der Waals surface area contributed by atoms with Crippen LogP contribution in [-0.4, -0.2) is 75.8 Å². The van der Waals surface area contributed by atoms with Gasteiger partial charge in [0.2, 0.25) is 0 Å². The Morgan fingerprint density at radius 1 is 1.17 bits per heavy atom. The zero-order valence-electron chi connectivity index (χ0n) is 18.1. The second-order valence-corrected chi connectivity index (χ2v) is 8.65. The van der Waals surface area contributed by atoms with E-state index in [1.165, 1.54) is 0 Å². The molecule has 2 unspecified atom stereocenters. The molecule has 3 fully saturated rings. The zero-order valence-corrected chi connectivity index (χ0v) is 18.1. The summed E-state index contributed by atoms with van der Waals surface area (Å²) in [6, 6.07) is 7.31. The van der Waals surface area contributed by atoms with Gasteiger partial charge in [-0.3, -0.25) is 4.79 Å². The summed E-state index contributed by atoms with van der Waals surface area (Å²) in [5.41, 5.74) is 0.560. The molecule has 1 aromatic rings. The van der Waals surface area contributed by atoms with E-state index in [4.69, 9.17) is 18.9 Å². The van der Waals surface area contributed by atoms with E-state index in [0.29, 0.717) is 17.2 Å². The predicted octanol–water partition coefficient (Wildman–Crippen LogP) is 2.45. The van der Waals surface area contributed by atoms with Crippen molar-refractivity contribution in [3.05, 3.63) is 29.8 Å². The minimum absolute atomic E-state index is 0.00132. The van der Waals surface area contributed by atoms with E-state index in [1.54, 1.807) is 26.4 Å². The van der Waals surface area contributed by atoms with Gasteiger partial charge < -0.3 is 29.2 Å². The number of carbonyl (C=O) groups excluding carboxylic acids is 1. The van der Waals surface area contributed by atoms with Gasteiger partial charge in [0.25, 0.3) is 5.91 Å². The van der Waals surface area contributed by atoms with Crippen molar-refractivity contribution in [3.8, 4) is 5.75 Å². The Morgan fingerprint density at radius 2 is 1.90 bits per heavy atom. The first kappa shape index (κ1) is 21.6. The first-order valence-electron chi connectivity index (χ1n) is 11.1. The first-order valence-corrected chi connectivity index (χ1v) is 11.1. The van der Waals surface area contributed by atoms with Crippen molar-refractivity contribution < 1.29 is 23.7 Å². The number of likely N-dealkylation sites (tertiary alicyclic amines) is 1. The van der Waals surface area contributed by atoms with Crippen LogP contribution < -0.4 is 10.1 Å². The maximum absolute atomic E-state index is 12.8. The fourth-order valence-electron chi connectivity index (χ4n) is 5.08. The lowest BCUT2D eigenvalue weighted by molar-refractivity contribution is -0.183. The number of ether oxygens (including phenoxy) is 4. The van der Waals surface area contributed by atoms with Crippen LogP contribution in [0.4, 0.5) is 0 Å². The molecule has 1 N–H and O–H groups in total. The molecule has 2 aliphatic heterocycles. The van der Waals surface area contributed by atoms with Crippen molar-refractivity contribution in [1.82, 2.24) is 10.2 Å². The van der Waals surface area contributed by atoms with Crippen LogP contribution in [0.1, 0.15) is 42.5 Å². The Labute approximate surface area is 179 Å². The second-order valence-electron chi connectivity index (χ2n) is 8.65. The molecule has 0 bridgehead atoms. The van der Waals surface area contributed by atoms with Crippen molar-refractivity contribution >= 4 is 5.91 Å². The lowest BCUT2D eigenvalue weighted by Gasteiger charge is -2.41. The van der Waals surface area contributed by atoms with Crippen LogP contribution in [0.15, 0.2) is 24.3 Å². The summed E-state index contributed by atoms with van der Waals surface area (Å²) in [4.78, 5) is 15.3. The lowest BCUT2D eigenvalue weighted by Crippen LogP contribution is -2.55. The number of hydrogen-bond donors (Lipinski definition) is 1. The lowest BCUT2D eigenvalue weighted by atomic mass is 9.84. The Bertz CT molecular complexity index is 711. The number of piperidine rings is 1. The van der Waals surface area contributed by atoms with Crippen molar-refractivity contribution in [3.63, 3.8) is 0 Å². The normalized spacial score (nSPS) is 27.3. The molecule has 30 heavy (non-hydrogen) atoms. The van der Waals surface area contributed by atoms with Gasteiger partial charge in [-0.25, -0.2) is 0 Å². The van der Waals surface area contributed by atoms with Crippen molar-refractivity contribution in [2.24, 2.45) is 5.92 Å². The molecule has 7 heteroatoms. The third-order valence-electron chi connectivity index (χ3n) is 6.81. The van der Waals surface area contributed by atoms with Crippen LogP contribution in [-0.2, 0) is 14.2 Å². The van der Waals surface area contributed by atoms with E-state index in [9.17, 15) is 4.79 Å². The van der Waals surface area contributed by atoms with E-state index < -0.39 is 0 Å². The minimum Gasteiger partial charge on any atom is -0.496 e. The van der Waals surface area contributed by atoms with Crippen LogP contribution in [0.3, 0.4) is 0 Å². The van der Waals surface area contributed by atoms with Crippen LogP contribution in [0.25, 0.3) is 0 Å². The highest BCUT2D eigenvalue weighted by Gasteiger charge is 2.41. The molecule has 0 aromatic heterocycles. The number of methoxy groups -OCH3 is 2. The summed E-state index contributed by atoms with van der Waals surface area (Å²) in [6.07, 6.45) is 5.13. The van der Waals surface area contributed by atoms with Gasteiger partial charge in [-0.05, 0) is 37.3 Å². The average Bonchev–Trinajstić information content (AvgIpc) is 3.24. The maximum atomic E-state index is 12.8. The number of amides is 1. The Hall–Kier alpha value is -1.67. The van der Waals surface area contributed by atoms with Crippen LogP contribution in [0.2, 0.25) is 0 Å². The number of nitrogens with zero attached hydrogens (tertiary/aromatic N) is 1. The molecule has 7 nitrogen and oxygen atoms in total. The number of nitrogens with one attached hydrogen (secondary N) is 1. The van der Waals surface area contributed by atoms with Crippen LogP contribution in [0, 0.1) is 5.92 Å². The van der Waals surface area contributed by atoms with Crippen molar-refractivity contribution in [2.45, 2.75) is 50.0 Å². The molecular weight excluding hydrogens is 384 g/mol. The molecule has 1 aromatic carbocycles. The largest absolute Gasteiger partial charge is 0.496 e. The number of rotatable bonds is 6. The molecular formula is C23H34N2O5.